The van der Waals surface area contributed by atoms with Gasteiger partial charge in [-0.15, -0.1) is 0 Å². The van der Waals surface area contributed by atoms with Crippen molar-refractivity contribution in [3.05, 3.63) is 23.8 Å². The summed E-state index contributed by atoms with van der Waals surface area (Å²) in [6.07, 6.45) is -1.09. The minimum atomic E-state index is -1.09. The fraction of sp³-hybridized carbons (Fsp3) is 0.222. The van der Waals surface area contributed by atoms with Crippen molar-refractivity contribution in [2.45, 2.75) is 6.92 Å². The lowest BCUT2D eigenvalue weighted by Crippen LogP contribution is -2.08. The zero-order valence-electron chi connectivity index (χ0n) is 7.50. The van der Waals surface area contributed by atoms with Crippen molar-refractivity contribution in [1.82, 2.24) is 0 Å². The number of carbonyl (C=O) groups is 1. The zero-order chi connectivity index (χ0) is 9.84. The van der Waals surface area contributed by atoms with Crippen molar-refractivity contribution in [2.75, 3.05) is 12.4 Å². The third-order valence-electron chi connectivity index (χ3n) is 1.60. The fourth-order valence-corrected chi connectivity index (χ4v) is 1.03. The molecule has 2 N–H and O–H groups in total. The molecule has 70 valence electrons. The number of hydrogen-bond donors (Lipinski definition) is 2. The van der Waals surface area contributed by atoms with Gasteiger partial charge in [0.2, 0.25) is 0 Å². The van der Waals surface area contributed by atoms with Gasteiger partial charge in [-0.1, -0.05) is 6.07 Å². The number of amides is 1. The summed E-state index contributed by atoms with van der Waals surface area (Å²) in [5.74, 6) is 0.521. The van der Waals surface area contributed by atoms with E-state index in [-0.39, 0.29) is 0 Å². The topological polar surface area (TPSA) is 58.6 Å². The Hall–Kier alpha value is -1.71. The second-order valence-corrected chi connectivity index (χ2v) is 2.63. The van der Waals surface area contributed by atoms with Crippen LogP contribution in [0.25, 0.3) is 0 Å². The highest BCUT2D eigenvalue weighted by molar-refractivity contribution is 5.85. The number of rotatable bonds is 2. The molecule has 1 aromatic rings. The Morgan fingerprint density at radius 3 is 2.77 bits per heavy atom. The summed E-state index contributed by atoms with van der Waals surface area (Å²) in [5.41, 5.74) is 1.44. The quantitative estimate of drug-likeness (QED) is 0.734. The number of ether oxygens (including phenoxy) is 1. The van der Waals surface area contributed by atoms with E-state index in [4.69, 9.17) is 9.84 Å². The van der Waals surface area contributed by atoms with Gasteiger partial charge in [-0.2, -0.15) is 0 Å². The molecule has 0 unspecified atom stereocenters. The first kappa shape index (κ1) is 9.38. The molecule has 0 spiro atoms. The van der Waals surface area contributed by atoms with Crippen molar-refractivity contribution >= 4 is 11.8 Å². The summed E-state index contributed by atoms with van der Waals surface area (Å²) in [6, 6.07) is 5.29. The maximum absolute atomic E-state index is 10.4. The summed E-state index contributed by atoms with van der Waals surface area (Å²) in [7, 11) is 1.50. The Morgan fingerprint density at radius 2 is 2.23 bits per heavy atom. The Morgan fingerprint density at radius 1 is 1.54 bits per heavy atom. The number of anilines is 1. The van der Waals surface area contributed by atoms with Crippen LogP contribution in [0.1, 0.15) is 5.56 Å². The van der Waals surface area contributed by atoms with Crippen LogP contribution in [0.15, 0.2) is 18.2 Å². The number of aryl methyl sites for hydroxylation is 1. The summed E-state index contributed by atoms with van der Waals surface area (Å²) in [6.45, 7) is 1.88. The van der Waals surface area contributed by atoms with Crippen LogP contribution in [0, 0.1) is 6.92 Å². The molecule has 0 heterocycles. The second-order valence-electron chi connectivity index (χ2n) is 2.63. The van der Waals surface area contributed by atoms with Gasteiger partial charge >= 0.3 is 6.09 Å². The van der Waals surface area contributed by atoms with Gasteiger partial charge in [0.1, 0.15) is 5.75 Å². The van der Waals surface area contributed by atoms with Crippen LogP contribution in [0.2, 0.25) is 0 Å². The van der Waals surface area contributed by atoms with Gasteiger partial charge in [0.25, 0.3) is 0 Å². The summed E-state index contributed by atoms with van der Waals surface area (Å²) < 4.78 is 4.98. The molecule has 4 heteroatoms. The molecule has 0 aliphatic rings. The SMILES string of the molecule is COc1ccc(C)cc1NC(=O)O. The average molecular weight is 181 g/mol. The Balaban J connectivity index is 3.01. The highest BCUT2D eigenvalue weighted by atomic mass is 16.5. The normalized spacial score (nSPS) is 9.38. The molecule has 0 bridgehead atoms. The first-order valence-corrected chi connectivity index (χ1v) is 3.78. The highest BCUT2D eigenvalue weighted by Crippen LogP contribution is 2.24. The molecule has 0 fully saturated rings. The molecular formula is C9H11NO3. The molecule has 0 aliphatic carbocycles. The lowest BCUT2D eigenvalue weighted by Gasteiger charge is -2.08. The van der Waals surface area contributed by atoms with E-state index in [2.05, 4.69) is 5.32 Å². The van der Waals surface area contributed by atoms with Gasteiger partial charge in [-0.05, 0) is 24.6 Å². The molecule has 0 saturated carbocycles. The van der Waals surface area contributed by atoms with E-state index < -0.39 is 6.09 Å². The highest BCUT2D eigenvalue weighted by Gasteiger charge is 2.04. The summed E-state index contributed by atoms with van der Waals surface area (Å²) >= 11 is 0. The summed E-state index contributed by atoms with van der Waals surface area (Å²) in [5, 5.41) is 10.8. The first-order valence-electron chi connectivity index (χ1n) is 3.78. The zero-order valence-corrected chi connectivity index (χ0v) is 7.50. The smallest absolute Gasteiger partial charge is 0.409 e. The maximum atomic E-state index is 10.4. The lowest BCUT2D eigenvalue weighted by atomic mass is 10.2. The van der Waals surface area contributed by atoms with E-state index >= 15 is 0 Å². The van der Waals surface area contributed by atoms with Crippen molar-refractivity contribution in [3.63, 3.8) is 0 Å². The van der Waals surface area contributed by atoms with Crippen LogP contribution in [-0.2, 0) is 0 Å². The number of nitrogens with one attached hydrogen (secondary N) is 1. The molecule has 0 radical (unpaired) electrons. The number of benzene rings is 1. The first-order chi connectivity index (χ1) is 6.13. The van der Waals surface area contributed by atoms with E-state index in [1.54, 1.807) is 12.1 Å². The van der Waals surface area contributed by atoms with Gasteiger partial charge in [0.15, 0.2) is 0 Å². The van der Waals surface area contributed by atoms with E-state index in [1.165, 1.54) is 7.11 Å². The van der Waals surface area contributed by atoms with E-state index in [1.807, 2.05) is 13.0 Å². The molecule has 4 nitrogen and oxygen atoms in total. The van der Waals surface area contributed by atoms with Crippen LogP contribution in [0.5, 0.6) is 5.75 Å². The van der Waals surface area contributed by atoms with E-state index in [9.17, 15) is 4.79 Å². The second kappa shape index (κ2) is 3.80. The third kappa shape index (κ3) is 2.37. The van der Waals surface area contributed by atoms with Crippen LogP contribution < -0.4 is 10.1 Å². The predicted molar refractivity (Wildman–Crippen MR) is 49.4 cm³/mol. The minimum Gasteiger partial charge on any atom is -0.495 e. The van der Waals surface area contributed by atoms with Crippen molar-refractivity contribution in [3.8, 4) is 5.75 Å². The Labute approximate surface area is 76.1 Å². The molecular weight excluding hydrogens is 170 g/mol. The minimum absolute atomic E-state index is 0.468. The molecule has 0 aliphatic heterocycles. The number of methoxy groups -OCH3 is 1. The third-order valence-corrected chi connectivity index (χ3v) is 1.60. The lowest BCUT2D eigenvalue weighted by molar-refractivity contribution is 0.209. The van der Waals surface area contributed by atoms with Gasteiger partial charge in [0.05, 0.1) is 12.8 Å². The molecule has 0 atom stereocenters. The van der Waals surface area contributed by atoms with E-state index in [0.29, 0.717) is 11.4 Å². The van der Waals surface area contributed by atoms with E-state index in [0.717, 1.165) is 5.56 Å². The number of carboxylic acid groups (broad SMARTS) is 1. The summed E-state index contributed by atoms with van der Waals surface area (Å²) in [4.78, 5) is 10.4. The molecule has 1 amide bonds. The average Bonchev–Trinajstić information content (AvgIpc) is 2.03. The molecule has 1 rings (SSSR count). The van der Waals surface area contributed by atoms with Gasteiger partial charge in [-0.3, -0.25) is 5.32 Å². The molecule has 1 aromatic carbocycles. The van der Waals surface area contributed by atoms with Gasteiger partial charge in [-0.25, -0.2) is 4.79 Å². The van der Waals surface area contributed by atoms with Gasteiger partial charge < -0.3 is 9.84 Å². The standard InChI is InChI=1S/C9H11NO3/c1-6-3-4-8(13-2)7(5-6)10-9(11)12/h3-5,10H,1-2H3,(H,11,12). The van der Waals surface area contributed by atoms with Gasteiger partial charge in [0, 0.05) is 0 Å². The van der Waals surface area contributed by atoms with Crippen LogP contribution in [-0.4, -0.2) is 18.3 Å². The molecule has 0 aromatic heterocycles. The molecule has 0 saturated heterocycles. The Kier molecular flexibility index (Phi) is 2.74. The van der Waals surface area contributed by atoms with Crippen molar-refractivity contribution < 1.29 is 14.6 Å². The van der Waals surface area contributed by atoms with Crippen molar-refractivity contribution in [2.24, 2.45) is 0 Å². The maximum Gasteiger partial charge on any atom is 0.409 e. The van der Waals surface area contributed by atoms with Crippen LogP contribution in [0.4, 0.5) is 10.5 Å². The largest absolute Gasteiger partial charge is 0.495 e. The molecule has 13 heavy (non-hydrogen) atoms. The van der Waals surface area contributed by atoms with Crippen LogP contribution >= 0.6 is 0 Å². The van der Waals surface area contributed by atoms with Crippen molar-refractivity contribution in [1.29, 1.82) is 0 Å². The fourth-order valence-electron chi connectivity index (χ4n) is 1.03. The van der Waals surface area contributed by atoms with Crippen LogP contribution in [0.3, 0.4) is 0 Å². The number of hydrogen-bond acceptors (Lipinski definition) is 2. The predicted octanol–water partition coefficient (Wildman–Crippen LogP) is 2.09. The monoisotopic (exact) mass is 181 g/mol. The Bertz CT molecular complexity index is 323.